The second-order valence-electron chi connectivity index (χ2n) is 3.46. The average Bonchev–Trinajstić information content (AvgIpc) is 2.17. The molecule has 0 bridgehead atoms. The first-order chi connectivity index (χ1) is 7.15. The lowest BCUT2D eigenvalue weighted by molar-refractivity contribution is -0.185. The largest absolute Gasteiger partial charge is 0.478 e. The van der Waals surface area contributed by atoms with E-state index in [0.29, 0.717) is 31.3 Å². The van der Waals surface area contributed by atoms with E-state index in [0.717, 1.165) is 4.47 Å². The van der Waals surface area contributed by atoms with Crippen LogP contribution in [-0.2, 0) is 10.3 Å². The molecule has 82 valence electrons. The molecule has 1 saturated heterocycles. The molecule has 15 heavy (non-hydrogen) atoms. The first-order valence-corrected chi connectivity index (χ1v) is 5.54. The molecule has 0 spiro atoms. The minimum absolute atomic E-state index is 0.297. The maximum atomic E-state index is 10.1. The van der Waals surface area contributed by atoms with E-state index in [1.54, 1.807) is 6.20 Å². The van der Waals surface area contributed by atoms with Crippen LogP contribution in [0.4, 0.5) is 0 Å². The average molecular weight is 274 g/mol. The topological polar surface area (TPSA) is 51.6 Å². The number of pyridine rings is 1. The number of hydrogen-bond acceptors (Lipinski definition) is 4. The van der Waals surface area contributed by atoms with Crippen molar-refractivity contribution in [1.29, 1.82) is 0 Å². The number of nitrogens with zero attached hydrogens (tertiary/aromatic N) is 1. The minimum atomic E-state index is -0.943. The van der Waals surface area contributed by atoms with Crippen LogP contribution in [0.3, 0.4) is 0 Å². The van der Waals surface area contributed by atoms with Gasteiger partial charge in [-0.25, -0.2) is 4.98 Å². The van der Waals surface area contributed by atoms with Crippen molar-refractivity contribution in [2.45, 2.75) is 12.5 Å². The Balaban J connectivity index is 2.38. The molecule has 1 aromatic heterocycles. The van der Waals surface area contributed by atoms with Gasteiger partial charge in [-0.15, -0.1) is 0 Å². The number of aliphatic hydroxyl groups is 1. The van der Waals surface area contributed by atoms with Crippen molar-refractivity contribution in [3.8, 4) is 5.88 Å². The van der Waals surface area contributed by atoms with Crippen LogP contribution in [0, 0.1) is 0 Å². The summed E-state index contributed by atoms with van der Waals surface area (Å²) < 4.78 is 11.2. The second-order valence-corrected chi connectivity index (χ2v) is 4.38. The predicted molar refractivity (Wildman–Crippen MR) is 57.8 cm³/mol. The quantitative estimate of drug-likeness (QED) is 0.906. The molecule has 0 aromatic carbocycles. The molecule has 1 aliphatic heterocycles. The molecule has 1 aromatic rings. The number of ether oxygens (including phenoxy) is 2. The molecule has 1 aliphatic rings. The third kappa shape index (κ3) is 2.00. The molecule has 1 N–H and O–H groups in total. The minimum Gasteiger partial charge on any atom is -0.478 e. The van der Waals surface area contributed by atoms with Crippen LogP contribution in [0.2, 0.25) is 0 Å². The van der Waals surface area contributed by atoms with Crippen LogP contribution in [0.25, 0.3) is 0 Å². The fraction of sp³-hybridized carbons (Fsp3) is 0.500. The summed E-state index contributed by atoms with van der Waals surface area (Å²) in [7, 11) is 0. The van der Waals surface area contributed by atoms with Gasteiger partial charge >= 0.3 is 0 Å². The van der Waals surface area contributed by atoms with E-state index in [1.165, 1.54) is 0 Å². The summed E-state index contributed by atoms with van der Waals surface area (Å²) in [6, 6.07) is 1.82. The zero-order valence-corrected chi connectivity index (χ0v) is 9.95. The summed E-state index contributed by atoms with van der Waals surface area (Å²) in [5.41, 5.74) is -0.258. The van der Waals surface area contributed by atoms with Gasteiger partial charge < -0.3 is 14.6 Å². The fourth-order valence-electron chi connectivity index (χ4n) is 1.46. The molecule has 0 saturated carbocycles. The Kier molecular flexibility index (Phi) is 2.95. The van der Waals surface area contributed by atoms with Crippen LogP contribution in [-0.4, -0.2) is 29.9 Å². The van der Waals surface area contributed by atoms with E-state index in [9.17, 15) is 5.11 Å². The van der Waals surface area contributed by atoms with Crippen molar-refractivity contribution in [2.75, 3.05) is 19.8 Å². The Morgan fingerprint density at radius 2 is 2.40 bits per heavy atom. The van der Waals surface area contributed by atoms with Crippen LogP contribution in [0.5, 0.6) is 5.88 Å². The molecule has 5 heteroatoms. The molecule has 0 unspecified atom stereocenters. The Labute approximate surface area is 96.4 Å². The smallest absolute Gasteiger partial charge is 0.219 e. The van der Waals surface area contributed by atoms with Gasteiger partial charge in [-0.05, 0) is 28.9 Å². The number of hydrogen-bond donors (Lipinski definition) is 1. The van der Waals surface area contributed by atoms with Crippen LogP contribution < -0.4 is 4.74 Å². The molecule has 0 atom stereocenters. The van der Waals surface area contributed by atoms with Gasteiger partial charge in [0.05, 0.1) is 25.4 Å². The molecule has 4 nitrogen and oxygen atoms in total. The van der Waals surface area contributed by atoms with Gasteiger partial charge in [0, 0.05) is 10.7 Å². The Morgan fingerprint density at radius 3 is 2.93 bits per heavy atom. The molecular weight excluding hydrogens is 262 g/mol. The van der Waals surface area contributed by atoms with Gasteiger partial charge in [0.25, 0.3) is 0 Å². The second kappa shape index (κ2) is 4.08. The van der Waals surface area contributed by atoms with E-state index < -0.39 is 5.60 Å². The SMILES string of the molecule is CCOc1ncc(Br)cc1C1(O)COC1. The Hall–Kier alpha value is -0.650. The highest BCUT2D eigenvalue weighted by molar-refractivity contribution is 9.10. The van der Waals surface area contributed by atoms with Crippen molar-refractivity contribution in [3.63, 3.8) is 0 Å². The third-order valence-electron chi connectivity index (χ3n) is 2.28. The van der Waals surface area contributed by atoms with E-state index >= 15 is 0 Å². The highest BCUT2D eigenvalue weighted by atomic mass is 79.9. The van der Waals surface area contributed by atoms with Gasteiger partial charge in [0.1, 0.15) is 5.60 Å². The van der Waals surface area contributed by atoms with Crippen molar-refractivity contribution in [3.05, 3.63) is 22.3 Å². The van der Waals surface area contributed by atoms with Crippen molar-refractivity contribution < 1.29 is 14.6 Å². The summed E-state index contributed by atoms with van der Waals surface area (Å²) in [5.74, 6) is 0.478. The van der Waals surface area contributed by atoms with Gasteiger partial charge in [0.15, 0.2) is 0 Å². The monoisotopic (exact) mass is 273 g/mol. The Bertz CT molecular complexity index is 366. The number of halogens is 1. The molecule has 0 radical (unpaired) electrons. The predicted octanol–water partition coefficient (Wildman–Crippen LogP) is 1.46. The van der Waals surface area contributed by atoms with Crippen molar-refractivity contribution in [2.24, 2.45) is 0 Å². The van der Waals surface area contributed by atoms with Crippen LogP contribution in [0.1, 0.15) is 12.5 Å². The maximum absolute atomic E-state index is 10.1. The normalized spacial score (nSPS) is 18.3. The highest BCUT2D eigenvalue weighted by Crippen LogP contribution is 2.35. The van der Waals surface area contributed by atoms with E-state index in [-0.39, 0.29) is 0 Å². The first-order valence-electron chi connectivity index (χ1n) is 4.74. The number of aromatic nitrogens is 1. The Morgan fingerprint density at radius 1 is 1.67 bits per heavy atom. The highest BCUT2D eigenvalue weighted by Gasteiger charge is 2.41. The molecule has 0 amide bonds. The third-order valence-corrected chi connectivity index (χ3v) is 2.72. The standard InChI is InChI=1S/C10H12BrNO3/c1-2-15-9-8(3-7(11)4-12-9)10(13)5-14-6-10/h3-4,13H,2,5-6H2,1H3. The fourth-order valence-corrected chi connectivity index (χ4v) is 1.79. The van der Waals surface area contributed by atoms with Gasteiger partial charge in [-0.2, -0.15) is 0 Å². The summed E-state index contributed by atoms with van der Waals surface area (Å²) in [5, 5.41) is 10.1. The van der Waals surface area contributed by atoms with E-state index in [1.807, 2.05) is 13.0 Å². The van der Waals surface area contributed by atoms with Crippen molar-refractivity contribution >= 4 is 15.9 Å². The lowest BCUT2D eigenvalue weighted by atomic mass is 9.93. The lowest BCUT2D eigenvalue weighted by Crippen LogP contribution is -2.46. The lowest BCUT2D eigenvalue weighted by Gasteiger charge is -2.37. The van der Waals surface area contributed by atoms with E-state index in [4.69, 9.17) is 9.47 Å². The molecule has 2 heterocycles. The van der Waals surface area contributed by atoms with Gasteiger partial charge in [-0.3, -0.25) is 0 Å². The number of rotatable bonds is 3. The summed E-state index contributed by atoms with van der Waals surface area (Å²) >= 11 is 3.32. The van der Waals surface area contributed by atoms with Crippen molar-refractivity contribution in [1.82, 2.24) is 4.98 Å². The zero-order valence-electron chi connectivity index (χ0n) is 8.36. The summed E-state index contributed by atoms with van der Waals surface area (Å²) in [6.45, 7) is 3.00. The van der Waals surface area contributed by atoms with Gasteiger partial charge in [0.2, 0.25) is 5.88 Å². The molecular formula is C10H12BrNO3. The van der Waals surface area contributed by atoms with Gasteiger partial charge in [-0.1, -0.05) is 0 Å². The molecule has 0 aliphatic carbocycles. The summed E-state index contributed by atoms with van der Waals surface area (Å²) in [4.78, 5) is 4.13. The van der Waals surface area contributed by atoms with Crippen LogP contribution >= 0.6 is 15.9 Å². The van der Waals surface area contributed by atoms with E-state index in [2.05, 4.69) is 20.9 Å². The van der Waals surface area contributed by atoms with Crippen LogP contribution in [0.15, 0.2) is 16.7 Å². The first kappa shape index (κ1) is 10.9. The molecule has 1 fully saturated rings. The zero-order chi connectivity index (χ0) is 10.9. The maximum Gasteiger partial charge on any atom is 0.219 e. The molecule has 2 rings (SSSR count). The summed E-state index contributed by atoms with van der Waals surface area (Å²) in [6.07, 6.45) is 1.65.